The lowest BCUT2D eigenvalue weighted by Gasteiger charge is -2.26. The second kappa shape index (κ2) is 6.56. The van der Waals surface area contributed by atoms with Gasteiger partial charge >= 0.3 is 0 Å². The van der Waals surface area contributed by atoms with Crippen molar-refractivity contribution >= 4 is 11.8 Å². The monoisotopic (exact) mass is 286 g/mol. The highest BCUT2D eigenvalue weighted by Gasteiger charge is 2.30. The summed E-state index contributed by atoms with van der Waals surface area (Å²) in [6.45, 7) is 0. The van der Waals surface area contributed by atoms with Crippen LogP contribution >= 0.6 is 11.8 Å². The molecular formula is C16H15FN2S. The molecular weight excluding hydrogens is 271 g/mol. The largest absolute Gasteiger partial charge is 0.298 e. The maximum Gasteiger partial charge on any atom is 0.141 e. The van der Waals surface area contributed by atoms with E-state index in [1.807, 2.05) is 36.4 Å². The Kier molecular flexibility index (Phi) is 4.78. The Balaban J connectivity index is 2.21. The summed E-state index contributed by atoms with van der Waals surface area (Å²) < 4.78 is 13.2. The first kappa shape index (κ1) is 14.6. The highest BCUT2D eigenvalue weighted by Crippen LogP contribution is 2.29. The molecule has 2 aromatic carbocycles. The number of nitrogens with one attached hydrogen (secondary N) is 1. The number of hydrogen-bond donors (Lipinski definition) is 1. The first-order valence-corrected chi connectivity index (χ1v) is 7.23. The summed E-state index contributed by atoms with van der Waals surface area (Å²) in [6.07, 6.45) is 0. The van der Waals surface area contributed by atoms with Gasteiger partial charge in [0, 0.05) is 10.6 Å². The Morgan fingerprint density at radius 1 is 1.20 bits per heavy atom. The molecule has 102 valence electrons. The lowest BCUT2D eigenvalue weighted by atomic mass is 9.94. The molecule has 0 aliphatic heterocycles. The van der Waals surface area contributed by atoms with Gasteiger partial charge in [-0.2, -0.15) is 5.26 Å². The number of nitriles is 1. The quantitative estimate of drug-likeness (QED) is 0.854. The van der Waals surface area contributed by atoms with Gasteiger partial charge in [-0.25, -0.2) is 4.39 Å². The van der Waals surface area contributed by atoms with Crippen molar-refractivity contribution in [2.45, 2.75) is 10.4 Å². The Morgan fingerprint density at radius 2 is 1.95 bits per heavy atom. The van der Waals surface area contributed by atoms with Crippen molar-refractivity contribution in [3.8, 4) is 6.07 Å². The zero-order valence-corrected chi connectivity index (χ0v) is 12.0. The molecule has 0 amide bonds. The summed E-state index contributed by atoms with van der Waals surface area (Å²) in [4.78, 5) is 0.816. The topological polar surface area (TPSA) is 35.8 Å². The van der Waals surface area contributed by atoms with Gasteiger partial charge in [0.25, 0.3) is 0 Å². The van der Waals surface area contributed by atoms with Crippen molar-refractivity contribution in [1.82, 2.24) is 5.32 Å². The number of hydrogen-bond acceptors (Lipinski definition) is 3. The van der Waals surface area contributed by atoms with Crippen LogP contribution in [0.15, 0.2) is 59.5 Å². The molecule has 0 aromatic heterocycles. The zero-order chi connectivity index (χ0) is 14.4. The molecule has 0 aliphatic carbocycles. The Labute approximate surface area is 122 Å². The predicted octanol–water partition coefficient (Wildman–Crippen LogP) is 3.56. The van der Waals surface area contributed by atoms with Crippen LogP contribution in [0.2, 0.25) is 0 Å². The minimum Gasteiger partial charge on any atom is -0.298 e. The molecule has 0 bridgehead atoms. The summed E-state index contributed by atoms with van der Waals surface area (Å²) in [5.41, 5.74) is 0.132. The van der Waals surface area contributed by atoms with E-state index in [1.165, 1.54) is 23.9 Å². The van der Waals surface area contributed by atoms with E-state index in [0.29, 0.717) is 5.75 Å². The predicted molar refractivity (Wildman–Crippen MR) is 79.9 cm³/mol. The Morgan fingerprint density at radius 3 is 2.55 bits per heavy atom. The lowest BCUT2D eigenvalue weighted by molar-refractivity contribution is 0.528. The first-order chi connectivity index (χ1) is 9.70. The van der Waals surface area contributed by atoms with Crippen LogP contribution in [-0.2, 0) is 5.54 Å². The smallest absolute Gasteiger partial charge is 0.141 e. The van der Waals surface area contributed by atoms with Crippen LogP contribution in [-0.4, -0.2) is 12.8 Å². The van der Waals surface area contributed by atoms with Crippen LogP contribution in [0.25, 0.3) is 0 Å². The first-order valence-electron chi connectivity index (χ1n) is 6.24. The lowest BCUT2D eigenvalue weighted by Crippen LogP contribution is -2.41. The molecule has 2 rings (SSSR count). The van der Waals surface area contributed by atoms with Crippen LogP contribution in [0.4, 0.5) is 4.39 Å². The van der Waals surface area contributed by atoms with Crippen molar-refractivity contribution in [3.63, 3.8) is 0 Å². The van der Waals surface area contributed by atoms with Gasteiger partial charge in [-0.3, -0.25) is 5.32 Å². The van der Waals surface area contributed by atoms with E-state index in [4.69, 9.17) is 0 Å². The Hall–Kier alpha value is -1.83. The highest BCUT2D eigenvalue weighted by atomic mass is 32.2. The van der Waals surface area contributed by atoms with Crippen molar-refractivity contribution in [3.05, 3.63) is 66.0 Å². The highest BCUT2D eigenvalue weighted by molar-refractivity contribution is 7.99. The van der Waals surface area contributed by atoms with Crippen molar-refractivity contribution in [2.24, 2.45) is 0 Å². The molecule has 20 heavy (non-hydrogen) atoms. The molecule has 4 heteroatoms. The average Bonchev–Trinajstić information content (AvgIpc) is 2.50. The second-order valence-electron chi connectivity index (χ2n) is 4.38. The maximum atomic E-state index is 13.2. The SMILES string of the molecule is CNC(C#N)(CSc1cccc(F)c1)c1ccccc1. The molecule has 1 N–H and O–H groups in total. The van der Waals surface area contributed by atoms with E-state index in [0.717, 1.165) is 10.5 Å². The molecule has 2 nitrogen and oxygen atoms in total. The third kappa shape index (κ3) is 3.19. The van der Waals surface area contributed by atoms with Crippen molar-refractivity contribution < 1.29 is 4.39 Å². The molecule has 0 heterocycles. The molecule has 0 aliphatic rings. The third-order valence-electron chi connectivity index (χ3n) is 3.14. The van der Waals surface area contributed by atoms with Crippen molar-refractivity contribution in [1.29, 1.82) is 5.26 Å². The van der Waals surface area contributed by atoms with Gasteiger partial charge in [0.15, 0.2) is 0 Å². The van der Waals surface area contributed by atoms with Gasteiger partial charge in [-0.05, 0) is 30.8 Å². The van der Waals surface area contributed by atoms with Gasteiger partial charge in [0.05, 0.1) is 6.07 Å². The zero-order valence-electron chi connectivity index (χ0n) is 11.1. The number of thioether (sulfide) groups is 1. The van der Waals surface area contributed by atoms with Crippen molar-refractivity contribution in [2.75, 3.05) is 12.8 Å². The molecule has 0 saturated carbocycles. The van der Waals surface area contributed by atoms with E-state index in [-0.39, 0.29) is 5.82 Å². The summed E-state index contributed by atoms with van der Waals surface area (Å²) in [5.74, 6) is 0.245. The van der Waals surface area contributed by atoms with E-state index >= 15 is 0 Å². The average molecular weight is 286 g/mol. The van der Waals surface area contributed by atoms with E-state index in [1.54, 1.807) is 13.1 Å². The van der Waals surface area contributed by atoms with E-state index in [2.05, 4.69) is 11.4 Å². The van der Waals surface area contributed by atoms with Crippen LogP contribution in [0.5, 0.6) is 0 Å². The minimum atomic E-state index is -0.780. The summed E-state index contributed by atoms with van der Waals surface area (Å²) in [7, 11) is 1.77. The fraction of sp³-hybridized carbons (Fsp3) is 0.188. The number of rotatable bonds is 5. The van der Waals surface area contributed by atoms with Gasteiger partial charge in [-0.1, -0.05) is 36.4 Å². The third-order valence-corrected chi connectivity index (χ3v) is 4.30. The normalized spacial score (nSPS) is 13.4. The van der Waals surface area contributed by atoms with Gasteiger partial charge in [0.1, 0.15) is 11.4 Å². The number of nitrogens with zero attached hydrogens (tertiary/aromatic N) is 1. The van der Waals surface area contributed by atoms with Crippen LogP contribution < -0.4 is 5.32 Å². The van der Waals surface area contributed by atoms with Crippen LogP contribution in [0.1, 0.15) is 5.56 Å². The summed E-state index contributed by atoms with van der Waals surface area (Å²) in [6, 6.07) is 18.3. The van der Waals surface area contributed by atoms with E-state index in [9.17, 15) is 9.65 Å². The van der Waals surface area contributed by atoms with Gasteiger partial charge in [-0.15, -0.1) is 11.8 Å². The fourth-order valence-corrected chi connectivity index (χ4v) is 3.05. The standard InChI is InChI=1S/C16H15FN2S/c1-19-16(11-18,13-6-3-2-4-7-13)12-20-15-9-5-8-14(17)10-15/h2-10,19H,12H2,1H3. The Bertz CT molecular complexity index is 609. The number of halogens is 1. The molecule has 0 spiro atoms. The molecule has 0 radical (unpaired) electrons. The van der Waals surface area contributed by atoms with Crippen LogP contribution in [0, 0.1) is 17.1 Å². The van der Waals surface area contributed by atoms with Gasteiger partial charge < -0.3 is 0 Å². The van der Waals surface area contributed by atoms with Crippen LogP contribution in [0.3, 0.4) is 0 Å². The second-order valence-corrected chi connectivity index (χ2v) is 5.43. The molecule has 1 unspecified atom stereocenters. The molecule has 0 fully saturated rings. The maximum absolute atomic E-state index is 13.2. The summed E-state index contributed by atoms with van der Waals surface area (Å²) in [5, 5.41) is 12.7. The fourth-order valence-electron chi connectivity index (χ4n) is 1.92. The van der Waals surface area contributed by atoms with Gasteiger partial charge in [0.2, 0.25) is 0 Å². The number of benzene rings is 2. The minimum absolute atomic E-state index is 0.262. The summed E-state index contributed by atoms with van der Waals surface area (Å²) >= 11 is 1.46. The molecule has 0 saturated heterocycles. The molecule has 1 atom stereocenters. The molecule has 2 aromatic rings. The van der Waals surface area contributed by atoms with E-state index < -0.39 is 5.54 Å².